The van der Waals surface area contributed by atoms with Crippen LogP contribution in [-0.2, 0) is 10.2 Å². The predicted octanol–water partition coefficient (Wildman–Crippen LogP) is 3.73. The van der Waals surface area contributed by atoms with Crippen molar-refractivity contribution in [2.75, 3.05) is 29.4 Å². The van der Waals surface area contributed by atoms with Crippen LogP contribution in [0.25, 0.3) is 0 Å². The molecule has 2 aliphatic heterocycles. The minimum Gasteiger partial charge on any atom is -0.444 e. The molecule has 0 N–H and O–H groups in total. The number of rotatable bonds is 3. The highest BCUT2D eigenvalue weighted by molar-refractivity contribution is 5.76. The summed E-state index contributed by atoms with van der Waals surface area (Å²) >= 11 is 0. The molecule has 3 aromatic rings. The lowest BCUT2D eigenvalue weighted by molar-refractivity contribution is 0.0129. The van der Waals surface area contributed by atoms with Gasteiger partial charge in [0.25, 0.3) is 0 Å². The SMILES string of the molecule is Cc1nnc(C2(C)CN(c3cc(C#N)ccn3)c3ncnc(N4C[C@@H](C)N(C(=O)OC(C)(C)C)C[C@@H]4C)c32)o1. The van der Waals surface area contributed by atoms with Crippen molar-refractivity contribution in [3.63, 3.8) is 0 Å². The maximum Gasteiger partial charge on any atom is 0.410 e. The van der Waals surface area contributed by atoms with Crippen LogP contribution in [0, 0.1) is 18.3 Å². The van der Waals surface area contributed by atoms with E-state index in [1.54, 1.807) is 30.2 Å². The minimum atomic E-state index is -0.761. The van der Waals surface area contributed by atoms with Crippen molar-refractivity contribution in [1.82, 2.24) is 30.0 Å². The number of ether oxygens (including phenoxy) is 1. The van der Waals surface area contributed by atoms with Crippen molar-refractivity contribution in [2.45, 2.75) is 71.6 Å². The van der Waals surface area contributed by atoms with E-state index in [0.717, 1.165) is 11.4 Å². The first-order chi connectivity index (χ1) is 18.4. The summed E-state index contributed by atoms with van der Waals surface area (Å²) in [6, 6.07) is 5.40. The van der Waals surface area contributed by atoms with E-state index < -0.39 is 11.0 Å². The Labute approximate surface area is 227 Å². The Morgan fingerprint density at radius 2 is 1.90 bits per heavy atom. The standard InChI is InChI=1S/C27H33N9O3/c1-16-13-35(25(37)39-26(4,5)6)17(2)12-34(16)22-21-23(31-15-30-22)36(20-10-19(11-28)8-9-29-20)14-27(21,7)24-33-32-18(3)38-24/h8-10,15-17H,12-14H2,1-7H3/t16-,17+,27?/m0/s1. The van der Waals surface area contributed by atoms with E-state index >= 15 is 0 Å². The zero-order chi connectivity index (χ0) is 28.1. The van der Waals surface area contributed by atoms with Gasteiger partial charge < -0.3 is 23.9 Å². The molecule has 1 saturated heterocycles. The first-order valence-electron chi connectivity index (χ1n) is 13.0. The molecular formula is C27H33N9O3. The van der Waals surface area contributed by atoms with Gasteiger partial charge in [-0.25, -0.2) is 19.7 Å². The summed E-state index contributed by atoms with van der Waals surface area (Å²) in [5.41, 5.74) is -0.000935. The molecule has 5 rings (SSSR count). The first kappa shape index (κ1) is 26.3. The highest BCUT2D eigenvalue weighted by atomic mass is 16.6. The van der Waals surface area contributed by atoms with Gasteiger partial charge in [-0.1, -0.05) is 0 Å². The Balaban J connectivity index is 1.58. The fourth-order valence-corrected chi connectivity index (χ4v) is 5.27. The number of fused-ring (bicyclic) bond motifs is 1. The van der Waals surface area contributed by atoms with Gasteiger partial charge in [-0.2, -0.15) is 5.26 Å². The third kappa shape index (κ3) is 4.73. The number of carbonyl (C=O) groups excluding carboxylic acids is 1. The lowest BCUT2D eigenvalue weighted by Crippen LogP contribution is -2.59. The van der Waals surface area contributed by atoms with Gasteiger partial charge in [0.1, 0.15) is 29.4 Å². The molecule has 0 bridgehead atoms. The van der Waals surface area contributed by atoms with Crippen LogP contribution in [0.1, 0.15) is 64.5 Å². The second-order valence-electron chi connectivity index (χ2n) is 11.4. The van der Waals surface area contributed by atoms with Crippen molar-refractivity contribution < 1.29 is 13.9 Å². The largest absolute Gasteiger partial charge is 0.444 e. The molecule has 0 radical (unpaired) electrons. The minimum absolute atomic E-state index is 0.0597. The number of carbonyl (C=O) groups is 1. The summed E-state index contributed by atoms with van der Waals surface area (Å²) in [5, 5.41) is 18.0. The number of hydrogen-bond donors (Lipinski definition) is 0. The molecule has 1 amide bonds. The van der Waals surface area contributed by atoms with Crippen LogP contribution in [0.4, 0.5) is 22.2 Å². The Hall–Kier alpha value is -4.27. The Morgan fingerprint density at radius 3 is 2.56 bits per heavy atom. The monoisotopic (exact) mass is 531 g/mol. The molecule has 0 spiro atoms. The Morgan fingerprint density at radius 1 is 1.15 bits per heavy atom. The van der Waals surface area contributed by atoms with Gasteiger partial charge >= 0.3 is 6.09 Å². The summed E-state index contributed by atoms with van der Waals surface area (Å²) in [7, 11) is 0. The number of aromatic nitrogens is 5. The zero-order valence-corrected chi connectivity index (χ0v) is 23.3. The van der Waals surface area contributed by atoms with Gasteiger partial charge in [-0.05, 0) is 53.7 Å². The van der Waals surface area contributed by atoms with Crippen LogP contribution in [0.15, 0.2) is 29.1 Å². The second-order valence-corrected chi connectivity index (χ2v) is 11.4. The van der Waals surface area contributed by atoms with E-state index in [0.29, 0.717) is 48.6 Å². The maximum atomic E-state index is 12.9. The lowest BCUT2D eigenvalue weighted by Gasteiger charge is -2.45. The van der Waals surface area contributed by atoms with Crippen molar-refractivity contribution in [2.24, 2.45) is 0 Å². The molecular weight excluding hydrogens is 498 g/mol. The molecule has 12 nitrogen and oxygen atoms in total. The van der Waals surface area contributed by atoms with Gasteiger partial charge in [-0.3, -0.25) is 0 Å². The van der Waals surface area contributed by atoms with Crippen molar-refractivity contribution in [3.05, 3.63) is 47.6 Å². The highest BCUT2D eigenvalue weighted by Gasteiger charge is 2.50. The molecule has 1 fully saturated rings. The van der Waals surface area contributed by atoms with Crippen LogP contribution in [0.2, 0.25) is 0 Å². The number of anilines is 3. The molecule has 0 saturated carbocycles. The van der Waals surface area contributed by atoms with Gasteiger partial charge in [0.2, 0.25) is 11.8 Å². The second kappa shape index (κ2) is 9.48. The topological polar surface area (TPSA) is 137 Å². The summed E-state index contributed by atoms with van der Waals surface area (Å²) < 4.78 is 11.6. The van der Waals surface area contributed by atoms with Crippen LogP contribution in [-0.4, -0.2) is 73.5 Å². The molecule has 39 heavy (non-hydrogen) atoms. The number of pyridine rings is 1. The third-order valence-corrected chi connectivity index (χ3v) is 7.12. The van der Waals surface area contributed by atoms with Crippen LogP contribution in [0.3, 0.4) is 0 Å². The van der Waals surface area contributed by atoms with Crippen LogP contribution in [0.5, 0.6) is 0 Å². The zero-order valence-electron chi connectivity index (χ0n) is 23.3. The molecule has 2 aliphatic rings. The average molecular weight is 532 g/mol. The summed E-state index contributed by atoms with van der Waals surface area (Å²) in [6.45, 7) is 14.9. The van der Waals surface area contributed by atoms with E-state index in [-0.39, 0.29) is 18.2 Å². The smallest absolute Gasteiger partial charge is 0.410 e. The maximum absolute atomic E-state index is 12.9. The van der Waals surface area contributed by atoms with E-state index in [2.05, 4.69) is 38.1 Å². The van der Waals surface area contributed by atoms with Crippen molar-refractivity contribution >= 4 is 23.5 Å². The molecule has 3 aromatic heterocycles. The number of piperazine rings is 1. The number of hydrogen-bond acceptors (Lipinski definition) is 11. The molecule has 1 unspecified atom stereocenters. The van der Waals surface area contributed by atoms with Crippen molar-refractivity contribution in [3.8, 4) is 6.07 Å². The third-order valence-electron chi connectivity index (χ3n) is 7.12. The van der Waals surface area contributed by atoms with Gasteiger partial charge in [0.05, 0.1) is 22.6 Å². The fraction of sp³-hybridized carbons (Fsp3) is 0.519. The molecule has 0 aromatic carbocycles. The van der Waals surface area contributed by atoms with Crippen LogP contribution < -0.4 is 9.80 Å². The Bertz CT molecular complexity index is 1440. The van der Waals surface area contributed by atoms with E-state index in [9.17, 15) is 10.1 Å². The molecule has 12 heteroatoms. The highest BCUT2D eigenvalue weighted by Crippen LogP contribution is 2.50. The number of aryl methyl sites for hydroxylation is 1. The summed E-state index contributed by atoms with van der Waals surface area (Å²) in [5.74, 6) is 2.90. The van der Waals surface area contributed by atoms with Gasteiger partial charge in [0.15, 0.2) is 0 Å². The van der Waals surface area contributed by atoms with E-state index in [4.69, 9.17) is 14.1 Å². The number of amides is 1. The first-order valence-corrected chi connectivity index (χ1v) is 13.0. The molecule has 3 atom stereocenters. The van der Waals surface area contributed by atoms with E-state index in [1.165, 1.54) is 6.33 Å². The summed E-state index contributed by atoms with van der Waals surface area (Å²) in [4.78, 5) is 32.9. The molecule has 0 aliphatic carbocycles. The number of nitriles is 1. The van der Waals surface area contributed by atoms with E-state index in [1.807, 2.05) is 39.5 Å². The fourth-order valence-electron chi connectivity index (χ4n) is 5.27. The normalized spacial score (nSPS) is 23.0. The Kier molecular flexibility index (Phi) is 6.40. The van der Waals surface area contributed by atoms with Crippen molar-refractivity contribution in [1.29, 1.82) is 5.26 Å². The lowest BCUT2D eigenvalue weighted by atomic mass is 9.84. The molecule has 204 valence electrons. The van der Waals surface area contributed by atoms with Crippen LogP contribution >= 0.6 is 0 Å². The predicted molar refractivity (Wildman–Crippen MR) is 143 cm³/mol. The molecule has 5 heterocycles. The van der Waals surface area contributed by atoms with Gasteiger partial charge in [0, 0.05) is 44.8 Å². The summed E-state index contributed by atoms with van der Waals surface area (Å²) in [6.07, 6.45) is 2.83. The quantitative estimate of drug-likeness (QED) is 0.489. The van der Waals surface area contributed by atoms with Gasteiger partial charge in [-0.15, -0.1) is 10.2 Å². The number of nitrogens with zero attached hydrogens (tertiary/aromatic N) is 9. The average Bonchev–Trinajstić information content (AvgIpc) is 3.46.